The summed E-state index contributed by atoms with van der Waals surface area (Å²) in [6, 6.07) is 18.3. The molecule has 2 rings (SSSR count). The van der Waals surface area contributed by atoms with Gasteiger partial charge in [-0.15, -0.1) is 0 Å². The van der Waals surface area contributed by atoms with Crippen LogP contribution in [0.15, 0.2) is 64.1 Å². The van der Waals surface area contributed by atoms with Crippen molar-refractivity contribution in [1.82, 2.24) is 0 Å². The van der Waals surface area contributed by atoms with Crippen molar-refractivity contribution in [3.63, 3.8) is 0 Å². The van der Waals surface area contributed by atoms with Crippen LogP contribution in [0.25, 0.3) is 0 Å². The molecule has 0 aliphatic carbocycles. The third-order valence-corrected chi connectivity index (χ3v) is 2.93. The number of anilines is 1. The molecule has 0 radical (unpaired) electrons. The fourth-order valence-corrected chi connectivity index (χ4v) is 1.99. The highest BCUT2D eigenvalue weighted by atomic mass is 79.9. The lowest BCUT2D eigenvalue weighted by atomic mass is 10.2. The van der Waals surface area contributed by atoms with Crippen LogP contribution in [-0.2, 0) is 0 Å². The minimum absolute atomic E-state index is 0.765. The van der Waals surface area contributed by atoms with Gasteiger partial charge in [0.2, 0.25) is 0 Å². The fraction of sp³-hybridized carbons (Fsp3) is 0.133. The standard InChI is InChI=1S/C15H15BrN2/c16-14-6-4-5-13(11-14)12-17-9-10-18-15-7-2-1-3-8-15/h1-8,11-12,18H,9-10H2. The summed E-state index contributed by atoms with van der Waals surface area (Å²) in [6.07, 6.45) is 1.90. The Bertz CT molecular complexity index is 509. The zero-order chi connectivity index (χ0) is 12.6. The number of nitrogens with one attached hydrogen (secondary N) is 1. The van der Waals surface area contributed by atoms with Crippen molar-refractivity contribution < 1.29 is 0 Å². The number of benzene rings is 2. The maximum absolute atomic E-state index is 4.39. The van der Waals surface area contributed by atoms with Crippen molar-refractivity contribution in [2.75, 3.05) is 18.4 Å². The average Bonchev–Trinajstić information content (AvgIpc) is 2.40. The van der Waals surface area contributed by atoms with E-state index in [-0.39, 0.29) is 0 Å². The van der Waals surface area contributed by atoms with Crippen molar-refractivity contribution in [2.45, 2.75) is 0 Å². The lowest BCUT2D eigenvalue weighted by Gasteiger charge is -2.03. The first-order valence-electron chi connectivity index (χ1n) is 5.89. The van der Waals surface area contributed by atoms with E-state index in [0.29, 0.717) is 0 Å². The van der Waals surface area contributed by atoms with E-state index in [1.165, 1.54) is 0 Å². The van der Waals surface area contributed by atoms with Gasteiger partial charge in [-0.2, -0.15) is 0 Å². The van der Waals surface area contributed by atoms with Crippen LogP contribution in [0.5, 0.6) is 0 Å². The van der Waals surface area contributed by atoms with E-state index in [1.807, 2.05) is 48.7 Å². The van der Waals surface area contributed by atoms with Gasteiger partial charge in [-0.25, -0.2) is 0 Å². The molecule has 0 aliphatic heterocycles. The monoisotopic (exact) mass is 302 g/mol. The molecule has 3 heteroatoms. The Morgan fingerprint density at radius 2 is 1.89 bits per heavy atom. The lowest BCUT2D eigenvalue weighted by Crippen LogP contribution is -2.04. The Kier molecular flexibility index (Phi) is 4.97. The van der Waals surface area contributed by atoms with Gasteiger partial charge in [0.15, 0.2) is 0 Å². The van der Waals surface area contributed by atoms with Crippen LogP contribution in [0.2, 0.25) is 0 Å². The molecule has 18 heavy (non-hydrogen) atoms. The van der Waals surface area contributed by atoms with Gasteiger partial charge in [0.05, 0.1) is 6.54 Å². The van der Waals surface area contributed by atoms with Crippen LogP contribution in [0.3, 0.4) is 0 Å². The molecule has 0 aliphatic rings. The second-order valence-corrected chi connectivity index (χ2v) is 4.80. The third-order valence-electron chi connectivity index (χ3n) is 2.43. The molecule has 0 spiro atoms. The van der Waals surface area contributed by atoms with Crippen molar-refractivity contribution in [3.8, 4) is 0 Å². The molecule has 0 atom stereocenters. The van der Waals surface area contributed by atoms with Crippen LogP contribution >= 0.6 is 15.9 Å². The maximum atomic E-state index is 4.39. The first-order valence-corrected chi connectivity index (χ1v) is 6.68. The van der Waals surface area contributed by atoms with Crippen LogP contribution in [-0.4, -0.2) is 19.3 Å². The smallest absolute Gasteiger partial charge is 0.0562 e. The number of hydrogen-bond acceptors (Lipinski definition) is 2. The summed E-state index contributed by atoms with van der Waals surface area (Å²) in [5, 5.41) is 3.32. The fourth-order valence-electron chi connectivity index (χ4n) is 1.58. The van der Waals surface area contributed by atoms with Crippen molar-refractivity contribution in [3.05, 3.63) is 64.6 Å². The van der Waals surface area contributed by atoms with Crippen LogP contribution in [0.4, 0.5) is 5.69 Å². The maximum Gasteiger partial charge on any atom is 0.0562 e. The van der Waals surface area contributed by atoms with Crippen LogP contribution < -0.4 is 5.32 Å². The van der Waals surface area contributed by atoms with Gasteiger partial charge in [-0.3, -0.25) is 4.99 Å². The van der Waals surface area contributed by atoms with Crippen molar-refractivity contribution in [1.29, 1.82) is 0 Å². The summed E-state index contributed by atoms with van der Waals surface area (Å²) in [5.74, 6) is 0. The summed E-state index contributed by atoms with van der Waals surface area (Å²) < 4.78 is 1.08. The third kappa shape index (κ3) is 4.34. The predicted molar refractivity (Wildman–Crippen MR) is 81.5 cm³/mol. The topological polar surface area (TPSA) is 24.4 Å². The van der Waals surface area contributed by atoms with Crippen LogP contribution in [0, 0.1) is 0 Å². The lowest BCUT2D eigenvalue weighted by molar-refractivity contribution is 1.03. The zero-order valence-corrected chi connectivity index (χ0v) is 11.6. The molecule has 92 valence electrons. The molecule has 0 heterocycles. The molecular weight excluding hydrogens is 288 g/mol. The van der Waals surface area contributed by atoms with Gasteiger partial charge < -0.3 is 5.32 Å². The van der Waals surface area contributed by atoms with E-state index in [9.17, 15) is 0 Å². The number of rotatable bonds is 5. The van der Waals surface area contributed by atoms with E-state index in [0.717, 1.165) is 28.8 Å². The molecule has 2 nitrogen and oxygen atoms in total. The minimum Gasteiger partial charge on any atom is -0.383 e. The SMILES string of the molecule is Brc1cccc(C=NCCNc2ccccc2)c1. The largest absolute Gasteiger partial charge is 0.383 e. The number of nitrogens with zero attached hydrogens (tertiary/aromatic N) is 1. The molecule has 0 amide bonds. The van der Waals surface area contributed by atoms with Gasteiger partial charge in [0.1, 0.15) is 0 Å². The molecule has 0 fully saturated rings. The normalized spacial score (nSPS) is 10.7. The predicted octanol–water partition coefficient (Wildman–Crippen LogP) is 3.98. The minimum atomic E-state index is 0.765. The molecule has 2 aromatic carbocycles. The molecule has 1 N–H and O–H groups in total. The van der Waals surface area contributed by atoms with Gasteiger partial charge >= 0.3 is 0 Å². The molecular formula is C15H15BrN2. The summed E-state index contributed by atoms with van der Waals surface area (Å²) >= 11 is 3.44. The Morgan fingerprint density at radius 3 is 2.67 bits per heavy atom. The highest BCUT2D eigenvalue weighted by Gasteiger charge is 1.90. The average molecular weight is 303 g/mol. The quantitative estimate of drug-likeness (QED) is 0.656. The second kappa shape index (κ2) is 6.97. The number of halogens is 1. The Morgan fingerprint density at radius 1 is 1.06 bits per heavy atom. The van der Waals surface area contributed by atoms with Crippen molar-refractivity contribution >= 4 is 27.8 Å². The highest BCUT2D eigenvalue weighted by molar-refractivity contribution is 9.10. The van der Waals surface area contributed by atoms with E-state index in [2.05, 4.69) is 38.4 Å². The summed E-state index contributed by atoms with van der Waals surface area (Å²) in [6.45, 7) is 1.61. The molecule has 0 aromatic heterocycles. The molecule has 0 saturated carbocycles. The van der Waals surface area contributed by atoms with Crippen LogP contribution in [0.1, 0.15) is 5.56 Å². The Balaban J connectivity index is 1.75. The molecule has 0 saturated heterocycles. The molecule has 0 unspecified atom stereocenters. The number of para-hydroxylation sites is 1. The Hall–Kier alpha value is -1.61. The van der Waals surface area contributed by atoms with Crippen molar-refractivity contribution in [2.24, 2.45) is 4.99 Å². The van der Waals surface area contributed by atoms with Gasteiger partial charge in [-0.1, -0.05) is 46.3 Å². The van der Waals surface area contributed by atoms with Gasteiger partial charge in [0.25, 0.3) is 0 Å². The summed E-state index contributed by atoms with van der Waals surface area (Å²) in [4.78, 5) is 4.39. The number of hydrogen-bond donors (Lipinski definition) is 1. The van der Waals surface area contributed by atoms with Gasteiger partial charge in [0, 0.05) is 22.9 Å². The van der Waals surface area contributed by atoms with E-state index in [4.69, 9.17) is 0 Å². The van der Waals surface area contributed by atoms with E-state index < -0.39 is 0 Å². The first kappa shape index (κ1) is 12.8. The zero-order valence-electron chi connectivity index (χ0n) is 10.0. The molecule has 0 bridgehead atoms. The first-order chi connectivity index (χ1) is 8.84. The second-order valence-electron chi connectivity index (χ2n) is 3.88. The Labute approximate surface area is 116 Å². The van der Waals surface area contributed by atoms with E-state index >= 15 is 0 Å². The summed E-state index contributed by atoms with van der Waals surface area (Å²) in [5.41, 5.74) is 2.25. The van der Waals surface area contributed by atoms with Gasteiger partial charge in [-0.05, 0) is 29.8 Å². The summed E-state index contributed by atoms with van der Waals surface area (Å²) in [7, 11) is 0. The molecule has 2 aromatic rings. The number of aliphatic imine (C=N–C) groups is 1. The highest BCUT2D eigenvalue weighted by Crippen LogP contribution is 2.10. The van der Waals surface area contributed by atoms with E-state index in [1.54, 1.807) is 0 Å².